The molecule has 0 saturated carbocycles. The average Bonchev–Trinajstić information content (AvgIpc) is 2.81. The molecule has 2 heterocycles. The molecule has 0 aromatic carbocycles. The molecule has 0 spiro atoms. The first-order valence-electron chi connectivity index (χ1n) is 5.02. The topological polar surface area (TPSA) is 61.9 Å². The summed E-state index contributed by atoms with van der Waals surface area (Å²) in [5.41, 5.74) is 0.392. The number of hydrogen-bond acceptors (Lipinski definition) is 3. The van der Waals surface area contributed by atoms with E-state index in [-0.39, 0.29) is 11.1 Å². The van der Waals surface area contributed by atoms with E-state index >= 15 is 0 Å². The van der Waals surface area contributed by atoms with E-state index in [1.165, 1.54) is 4.90 Å². The van der Waals surface area contributed by atoms with Crippen molar-refractivity contribution in [3.05, 3.63) is 47.3 Å². The van der Waals surface area contributed by atoms with E-state index < -0.39 is 0 Å². The van der Waals surface area contributed by atoms with Gasteiger partial charge in [-0.15, -0.1) is 0 Å². The van der Waals surface area contributed by atoms with Gasteiger partial charge in [-0.3, -0.25) is 4.79 Å². The summed E-state index contributed by atoms with van der Waals surface area (Å²) in [6.07, 6.45) is 4.90. The lowest BCUT2D eigenvalue weighted by atomic mass is 10.2. The van der Waals surface area contributed by atoms with Crippen molar-refractivity contribution in [1.82, 2.24) is 19.9 Å². The number of imidazole rings is 1. The molecule has 0 aliphatic rings. The number of carbonyl (C=O) groups is 1. The molecule has 0 atom stereocenters. The average molecular weight is 251 g/mol. The van der Waals surface area contributed by atoms with E-state index in [1.54, 1.807) is 37.8 Å². The fraction of sp³-hybridized carbons (Fsp3) is 0.182. The Morgan fingerprint density at radius 1 is 1.47 bits per heavy atom. The van der Waals surface area contributed by atoms with Crippen LogP contribution in [0.5, 0.6) is 0 Å². The standard InChI is InChI=1S/C11H11ClN4O/c1-16(7-9-13-5-6-14-9)11(17)8-3-2-4-15-10(8)12/h2-6H,7H2,1H3,(H,13,14). The fourth-order valence-electron chi connectivity index (χ4n) is 1.43. The van der Waals surface area contributed by atoms with Crippen molar-refractivity contribution >= 4 is 17.5 Å². The number of nitrogens with zero attached hydrogens (tertiary/aromatic N) is 3. The Hall–Kier alpha value is -1.88. The molecule has 0 bridgehead atoms. The molecule has 17 heavy (non-hydrogen) atoms. The quantitative estimate of drug-likeness (QED) is 0.844. The number of hydrogen-bond donors (Lipinski definition) is 1. The third kappa shape index (κ3) is 2.62. The van der Waals surface area contributed by atoms with Gasteiger partial charge >= 0.3 is 0 Å². The van der Waals surface area contributed by atoms with Gasteiger partial charge in [0.15, 0.2) is 0 Å². The number of carbonyl (C=O) groups excluding carboxylic acids is 1. The van der Waals surface area contributed by atoms with Gasteiger partial charge in [-0.05, 0) is 12.1 Å². The van der Waals surface area contributed by atoms with E-state index in [9.17, 15) is 4.79 Å². The van der Waals surface area contributed by atoms with Crippen LogP contribution in [-0.4, -0.2) is 32.8 Å². The molecule has 0 unspecified atom stereocenters. The zero-order valence-corrected chi connectivity index (χ0v) is 9.98. The second-order valence-electron chi connectivity index (χ2n) is 3.54. The molecule has 6 heteroatoms. The van der Waals surface area contributed by atoms with Crippen LogP contribution in [0.1, 0.15) is 16.2 Å². The number of aromatic amines is 1. The summed E-state index contributed by atoms with van der Waals surface area (Å²) < 4.78 is 0. The number of halogens is 1. The first-order chi connectivity index (χ1) is 8.18. The second kappa shape index (κ2) is 4.97. The van der Waals surface area contributed by atoms with E-state index in [0.29, 0.717) is 12.1 Å². The minimum Gasteiger partial charge on any atom is -0.347 e. The van der Waals surface area contributed by atoms with Gasteiger partial charge in [0.05, 0.1) is 12.1 Å². The zero-order chi connectivity index (χ0) is 12.3. The number of rotatable bonds is 3. The van der Waals surface area contributed by atoms with Crippen molar-refractivity contribution in [2.45, 2.75) is 6.54 Å². The van der Waals surface area contributed by atoms with Crippen LogP contribution in [0.3, 0.4) is 0 Å². The molecule has 2 aromatic rings. The Balaban J connectivity index is 2.13. The van der Waals surface area contributed by atoms with Gasteiger partial charge in [0.1, 0.15) is 11.0 Å². The molecule has 0 aliphatic carbocycles. The Kier molecular flexibility index (Phi) is 3.39. The van der Waals surface area contributed by atoms with Gasteiger partial charge in [-0.2, -0.15) is 0 Å². The van der Waals surface area contributed by atoms with Crippen molar-refractivity contribution in [1.29, 1.82) is 0 Å². The Morgan fingerprint density at radius 2 is 2.29 bits per heavy atom. The van der Waals surface area contributed by atoms with Crippen LogP contribution in [0.15, 0.2) is 30.7 Å². The third-order valence-electron chi connectivity index (χ3n) is 2.28. The highest BCUT2D eigenvalue weighted by atomic mass is 35.5. The summed E-state index contributed by atoms with van der Waals surface area (Å²) in [6.45, 7) is 0.400. The van der Waals surface area contributed by atoms with Crippen molar-refractivity contribution in [2.24, 2.45) is 0 Å². The van der Waals surface area contributed by atoms with Crippen LogP contribution >= 0.6 is 11.6 Å². The normalized spacial score (nSPS) is 10.2. The zero-order valence-electron chi connectivity index (χ0n) is 9.22. The highest BCUT2D eigenvalue weighted by Gasteiger charge is 2.16. The molecule has 5 nitrogen and oxygen atoms in total. The highest BCUT2D eigenvalue weighted by Crippen LogP contribution is 2.14. The Labute approximate surface area is 103 Å². The van der Waals surface area contributed by atoms with Crippen LogP contribution in [0.4, 0.5) is 0 Å². The third-order valence-corrected chi connectivity index (χ3v) is 2.58. The largest absolute Gasteiger partial charge is 0.347 e. The molecule has 88 valence electrons. The van der Waals surface area contributed by atoms with E-state index in [4.69, 9.17) is 11.6 Å². The maximum absolute atomic E-state index is 12.1. The molecule has 1 amide bonds. The summed E-state index contributed by atoms with van der Waals surface area (Å²) in [6, 6.07) is 3.33. The van der Waals surface area contributed by atoms with Crippen LogP contribution in [0.2, 0.25) is 5.15 Å². The fourth-order valence-corrected chi connectivity index (χ4v) is 1.63. The lowest BCUT2D eigenvalue weighted by Crippen LogP contribution is -2.27. The van der Waals surface area contributed by atoms with Gasteiger partial charge in [0.2, 0.25) is 0 Å². The van der Waals surface area contributed by atoms with Crippen molar-refractivity contribution in [3.8, 4) is 0 Å². The number of amides is 1. The van der Waals surface area contributed by atoms with Gasteiger partial charge in [0.25, 0.3) is 5.91 Å². The van der Waals surface area contributed by atoms with Gasteiger partial charge in [-0.25, -0.2) is 9.97 Å². The first-order valence-corrected chi connectivity index (χ1v) is 5.40. The second-order valence-corrected chi connectivity index (χ2v) is 3.90. The molecule has 2 aromatic heterocycles. The predicted octanol–water partition coefficient (Wildman–Crippen LogP) is 1.73. The van der Waals surface area contributed by atoms with Gasteiger partial charge < -0.3 is 9.88 Å². The Bertz CT molecular complexity index is 512. The molecular formula is C11H11ClN4O. The number of aromatic nitrogens is 3. The summed E-state index contributed by atoms with van der Waals surface area (Å²) in [7, 11) is 1.69. The monoisotopic (exact) mass is 250 g/mol. The summed E-state index contributed by atoms with van der Waals surface area (Å²) in [4.78, 5) is 24.4. The van der Waals surface area contributed by atoms with Crippen LogP contribution in [0.25, 0.3) is 0 Å². The van der Waals surface area contributed by atoms with Gasteiger partial charge in [-0.1, -0.05) is 11.6 Å². The Morgan fingerprint density at radius 3 is 2.94 bits per heavy atom. The summed E-state index contributed by atoms with van der Waals surface area (Å²) in [5.74, 6) is 0.542. The predicted molar refractivity (Wildman–Crippen MR) is 63.6 cm³/mol. The minimum atomic E-state index is -0.181. The van der Waals surface area contributed by atoms with Crippen LogP contribution in [0, 0.1) is 0 Å². The minimum absolute atomic E-state index is 0.181. The first kappa shape index (κ1) is 11.6. The van der Waals surface area contributed by atoms with Crippen molar-refractivity contribution in [2.75, 3.05) is 7.05 Å². The summed E-state index contributed by atoms with van der Waals surface area (Å²) >= 11 is 5.86. The lowest BCUT2D eigenvalue weighted by molar-refractivity contribution is 0.0781. The van der Waals surface area contributed by atoms with Crippen LogP contribution < -0.4 is 0 Å². The van der Waals surface area contributed by atoms with Crippen LogP contribution in [-0.2, 0) is 6.54 Å². The van der Waals surface area contributed by atoms with E-state index in [0.717, 1.165) is 5.82 Å². The highest BCUT2D eigenvalue weighted by molar-refractivity contribution is 6.32. The maximum atomic E-state index is 12.1. The SMILES string of the molecule is CN(Cc1ncc[nH]1)C(=O)c1cccnc1Cl. The lowest BCUT2D eigenvalue weighted by Gasteiger charge is -2.16. The van der Waals surface area contributed by atoms with E-state index in [2.05, 4.69) is 15.0 Å². The molecule has 0 fully saturated rings. The number of pyridine rings is 1. The molecule has 2 rings (SSSR count). The van der Waals surface area contributed by atoms with Crippen molar-refractivity contribution in [3.63, 3.8) is 0 Å². The number of nitrogens with one attached hydrogen (secondary N) is 1. The maximum Gasteiger partial charge on any atom is 0.257 e. The summed E-state index contributed by atoms with van der Waals surface area (Å²) in [5, 5.41) is 0.212. The molecule has 1 N–H and O–H groups in total. The van der Waals surface area contributed by atoms with Crippen molar-refractivity contribution < 1.29 is 4.79 Å². The molecule has 0 aliphatic heterocycles. The van der Waals surface area contributed by atoms with Gasteiger partial charge in [0, 0.05) is 25.6 Å². The smallest absolute Gasteiger partial charge is 0.257 e. The molecule has 0 saturated heterocycles. The van der Waals surface area contributed by atoms with E-state index in [1.807, 2.05) is 0 Å². The number of H-pyrrole nitrogens is 1. The molecular weight excluding hydrogens is 240 g/mol. The molecule has 0 radical (unpaired) electrons.